The van der Waals surface area contributed by atoms with Crippen LogP contribution in [0.25, 0.3) is 0 Å². The Kier molecular flexibility index (Phi) is 4.69. The lowest BCUT2D eigenvalue weighted by molar-refractivity contribution is 0.265. The Labute approximate surface area is 129 Å². The van der Waals surface area contributed by atoms with Crippen molar-refractivity contribution in [1.82, 2.24) is 9.78 Å². The number of nitrogens with zero attached hydrogens (tertiary/aromatic N) is 2. The molecule has 0 aliphatic carbocycles. The largest absolute Gasteiger partial charge is 0.411 e. The van der Waals surface area contributed by atoms with Crippen LogP contribution in [0.4, 0.5) is 0 Å². The van der Waals surface area contributed by atoms with Crippen molar-refractivity contribution in [2.45, 2.75) is 52.1 Å². The number of rotatable bonds is 5. The molecule has 0 bridgehead atoms. The highest BCUT2D eigenvalue weighted by Crippen LogP contribution is 2.37. The van der Waals surface area contributed by atoms with Crippen LogP contribution in [0.2, 0.25) is 18.1 Å². The van der Waals surface area contributed by atoms with Crippen molar-refractivity contribution in [2.75, 3.05) is 0 Å². The molecule has 1 aromatic heterocycles. The Hall–Kier alpha value is -1.39. The van der Waals surface area contributed by atoms with E-state index >= 15 is 0 Å². The van der Waals surface area contributed by atoms with Gasteiger partial charge in [0.2, 0.25) is 0 Å². The van der Waals surface area contributed by atoms with Crippen LogP contribution >= 0.6 is 0 Å². The van der Waals surface area contributed by atoms with Gasteiger partial charge in [-0.05, 0) is 29.8 Å². The van der Waals surface area contributed by atoms with Gasteiger partial charge < -0.3 is 4.43 Å². The van der Waals surface area contributed by atoms with Crippen LogP contribution < -0.4 is 0 Å². The van der Waals surface area contributed by atoms with Crippen LogP contribution in [0.5, 0.6) is 0 Å². The first-order valence-electron chi connectivity index (χ1n) is 7.40. The zero-order chi connectivity index (χ0) is 15.5. The standard InChI is InChI=1S/C17H25N2OSi/c1-17(2,3)21(4,5)20-14-16-11-12-18-19(16)13-15-9-7-6-8-10-15/h6-11H,13-14H2,1-5H3. The molecular formula is C17H25N2OSi. The van der Waals surface area contributed by atoms with Crippen LogP contribution in [-0.4, -0.2) is 18.1 Å². The normalized spacial score (nSPS) is 12.6. The van der Waals surface area contributed by atoms with Crippen molar-refractivity contribution in [3.8, 4) is 0 Å². The maximum atomic E-state index is 6.27. The number of hydrogen-bond donors (Lipinski definition) is 0. The summed E-state index contributed by atoms with van der Waals surface area (Å²) < 4.78 is 8.25. The molecule has 0 spiro atoms. The van der Waals surface area contributed by atoms with E-state index < -0.39 is 8.32 Å². The van der Waals surface area contributed by atoms with E-state index in [2.05, 4.69) is 57.3 Å². The quantitative estimate of drug-likeness (QED) is 0.772. The summed E-state index contributed by atoms with van der Waals surface area (Å²) in [6.45, 7) is 12.7. The molecule has 0 atom stereocenters. The van der Waals surface area contributed by atoms with Crippen LogP contribution in [-0.2, 0) is 17.6 Å². The number of hydrogen-bond acceptors (Lipinski definition) is 2. The van der Waals surface area contributed by atoms with Crippen molar-refractivity contribution in [3.05, 3.63) is 53.9 Å². The second-order valence-electron chi connectivity index (χ2n) is 6.96. The maximum absolute atomic E-state index is 6.27. The number of benzene rings is 1. The third-order valence-corrected chi connectivity index (χ3v) is 8.78. The summed E-state index contributed by atoms with van der Waals surface area (Å²) >= 11 is 0. The summed E-state index contributed by atoms with van der Waals surface area (Å²) in [6, 6.07) is 12.3. The molecule has 1 radical (unpaired) electrons. The average molecular weight is 301 g/mol. The first-order valence-corrected chi connectivity index (χ1v) is 10.3. The van der Waals surface area contributed by atoms with E-state index in [-0.39, 0.29) is 5.04 Å². The van der Waals surface area contributed by atoms with Gasteiger partial charge >= 0.3 is 0 Å². The summed E-state index contributed by atoms with van der Waals surface area (Å²) in [5.74, 6) is 0. The molecule has 0 aliphatic heterocycles. The molecule has 2 aromatic rings. The predicted molar refractivity (Wildman–Crippen MR) is 88.6 cm³/mol. The van der Waals surface area contributed by atoms with Crippen LogP contribution in [0.3, 0.4) is 0 Å². The number of aromatic nitrogens is 2. The lowest BCUT2D eigenvalue weighted by Crippen LogP contribution is -2.40. The molecule has 1 aromatic carbocycles. The third kappa shape index (κ3) is 4.05. The zero-order valence-electron chi connectivity index (χ0n) is 13.7. The van der Waals surface area contributed by atoms with Gasteiger partial charge in [-0.3, -0.25) is 4.68 Å². The van der Waals surface area contributed by atoms with Gasteiger partial charge in [-0.1, -0.05) is 51.1 Å². The van der Waals surface area contributed by atoms with Gasteiger partial charge in [-0.2, -0.15) is 5.10 Å². The molecule has 0 amide bonds. The topological polar surface area (TPSA) is 27.1 Å². The lowest BCUT2D eigenvalue weighted by atomic mass is 10.2. The smallest absolute Gasteiger partial charge is 0.192 e. The van der Waals surface area contributed by atoms with Crippen LogP contribution in [0.15, 0.2) is 36.4 Å². The van der Waals surface area contributed by atoms with Gasteiger partial charge in [0.15, 0.2) is 8.32 Å². The van der Waals surface area contributed by atoms with Crippen molar-refractivity contribution < 1.29 is 4.43 Å². The molecule has 21 heavy (non-hydrogen) atoms. The van der Waals surface area contributed by atoms with E-state index in [0.29, 0.717) is 6.61 Å². The minimum absolute atomic E-state index is 0.223. The summed E-state index contributed by atoms with van der Waals surface area (Å²) in [7, 11) is -1.73. The van der Waals surface area contributed by atoms with Crippen molar-refractivity contribution in [2.24, 2.45) is 0 Å². The summed E-state index contributed by atoms with van der Waals surface area (Å²) in [5.41, 5.74) is 2.33. The van der Waals surface area contributed by atoms with E-state index in [0.717, 1.165) is 12.2 Å². The molecule has 0 unspecified atom stereocenters. The van der Waals surface area contributed by atoms with Crippen molar-refractivity contribution in [3.63, 3.8) is 0 Å². The predicted octanol–water partition coefficient (Wildman–Crippen LogP) is 4.25. The molecule has 1 heterocycles. The Morgan fingerprint density at radius 2 is 1.86 bits per heavy atom. The summed E-state index contributed by atoms with van der Waals surface area (Å²) in [4.78, 5) is 0. The highest BCUT2D eigenvalue weighted by molar-refractivity contribution is 6.74. The Morgan fingerprint density at radius 3 is 2.48 bits per heavy atom. The van der Waals surface area contributed by atoms with E-state index in [1.807, 2.05) is 28.9 Å². The molecule has 2 rings (SSSR count). The molecule has 0 fully saturated rings. The molecule has 0 aliphatic rings. The van der Waals surface area contributed by atoms with E-state index in [9.17, 15) is 0 Å². The van der Waals surface area contributed by atoms with Gasteiger partial charge in [0, 0.05) is 0 Å². The van der Waals surface area contributed by atoms with Gasteiger partial charge in [-0.15, -0.1) is 0 Å². The van der Waals surface area contributed by atoms with Gasteiger partial charge in [0.05, 0.1) is 18.8 Å². The summed E-state index contributed by atoms with van der Waals surface area (Å²) in [6.07, 6.45) is 2.94. The molecule has 0 saturated carbocycles. The highest BCUT2D eigenvalue weighted by Gasteiger charge is 2.37. The van der Waals surface area contributed by atoms with Crippen LogP contribution in [0, 0.1) is 6.20 Å². The first kappa shape index (κ1) is 16.0. The molecule has 0 N–H and O–H groups in total. The fraction of sp³-hybridized carbons (Fsp3) is 0.471. The SMILES string of the molecule is CC(C)(C)[Si](C)(C)OCc1c[c]nn1Cc1ccccc1. The molecule has 113 valence electrons. The highest BCUT2D eigenvalue weighted by atomic mass is 28.4. The Bertz CT molecular complexity index is 570. The minimum Gasteiger partial charge on any atom is -0.411 e. The second kappa shape index (κ2) is 6.16. The molecule has 3 nitrogen and oxygen atoms in total. The third-order valence-electron chi connectivity index (χ3n) is 4.30. The fourth-order valence-corrected chi connectivity index (χ4v) is 2.73. The maximum Gasteiger partial charge on any atom is 0.192 e. The fourth-order valence-electron chi connectivity index (χ4n) is 1.79. The van der Waals surface area contributed by atoms with Crippen molar-refractivity contribution >= 4 is 8.32 Å². The summed E-state index contributed by atoms with van der Waals surface area (Å²) in [5, 5.41) is 4.52. The monoisotopic (exact) mass is 301 g/mol. The first-order chi connectivity index (χ1) is 9.79. The lowest BCUT2D eigenvalue weighted by Gasteiger charge is -2.36. The Balaban J connectivity index is 2.05. The molecular weight excluding hydrogens is 276 g/mol. The van der Waals surface area contributed by atoms with Gasteiger partial charge in [0.1, 0.15) is 6.20 Å². The zero-order valence-corrected chi connectivity index (χ0v) is 14.7. The van der Waals surface area contributed by atoms with Gasteiger partial charge in [-0.25, -0.2) is 0 Å². The molecule has 4 heteroatoms. The van der Waals surface area contributed by atoms with Gasteiger partial charge in [0.25, 0.3) is 0 Å². The van der Waals surface area contributed by atoms with Crippen LogP contribution in [0.1, 0.15) is 32.0 Å². The van der Waals surface area contributed by atoms with E-state index in [4.69, 9.17) is 4.43 Å². The molecule has 0 saturated heterocycles. The van der Waals surface area contributed by atoms with E-state index in [1.165, 1.54) is 5.56 Å². The van der Waals surface area contributed by atoms with Crippen molar-refractivity contribution in [1.29, 1.82) is 0 Å². The second-order valence-corrected chi connectivity index (χ2v) is 11.8. The average Bonchev–Trinajstić information content (AvgIpc) is 2.84. The Morgan fingerprint density at radius 1 is 1.19 bits per heavy atom. The minimum atomic E-state index is -1.73. The van der Waals surface area contributed by atoms with E-state index in [1.54, 1.807) is 0 Å².